The van der Waals surface area contributed by atoms with Gasteiger partial charge in [0.15, 0.2) is 0 Å². The lowest BCUT2D eigenvalue weighted by Gasteiger charge is -2.34. The zero-order chi connectivity index (χ0) is 10.1. The highest BCUT2D eigenvalue weighted by Crippen LogP contribution is 2.37. The van der Waals surface area contributed by atoms with E-state index in [1.165, 1.54) is 10.6 Å². The number of likely N-dealkylation sites (N-methyl/N-ethyl adjacent to an activating group) is 1. The number of halogens is 1. The van der Waals surface area contributed by atoms with E-state index in [4.69, 9.17) is 5.73 Å². The summed E-state index contributed by atoms with van der Waals surface area (Å²) in [5.41, 5.74) is 7.01. The monoisotopic (exact) mass is 272 g/mol. The van der Waals surface area contributed by atoms with E-state index in [1.54, 1.807) is 0 Å². The molecule has 0 aliphatic carbocycles. The molecule has 1 aromatic carbocycles. The fraction of sp³-hybridized carbons (Fsp3) is 0.400. The minimum Gasteiger partial charge on any atom is -0.369 e. The van der Waals surface area contributed by atoms with E-state index in [-0.39, 0.29) is 0 Å². The number of hydrogen-bond donors (Lipinski definition) is 1. The Morgan fingerprint density at radius 1 is 1.64 bits per heavy atom. The van der Waals surface area contributed by atoms with Crippen LogP contribution in [0.1, 0.15) is 0 Å². The van der Waals surface area contributed by atoms with Crippen LogP contribution >= 0.6 is 27.7 Å². The lowest BCUT2D eigenvalue weighted by molar-refractivity contribution is 0.691. The topological polar surface area (TPSA) is 29.3 Å². The van der Waals surface area contributed by atoms with Crippen LogP contribution in [0.25, 0.3) is 0 Å². The van der Waals surface area contributed by atoms with Gasteiger partial charge in [0.05, 0.1) is 11.7 Å². The Labute approximate surface area is 97.0 Å². The molecule has 0 aromatic heterocycles. The van der Waals surface area contributed by atoms with E-state index < -0.39 is 0 Å². The number of nitrogens with two attached hydrogens (primary N) is 1. The number of anilines is 1. The van der Waals surface area contributed by atoms with Gasteiger partial charge in [-0.3, -0.25) is 0 Å². The second kappa shape index (κ2) is 4.13. The molecule has 0 spiro atoms. The first-order chi connectivity index (χ1) is 6.72. The van der Waals surface area contributed by atoms with Crippen LogP contribution in [0.4, 0.5) is 5.69 Å². The van der Waals surface area contributed by atoms with Crippen molar-refractivity contribution < 1.29 is 0 Å². The standard InChI is InChI=1S/C10H13BrN2S/c1-13-8(5-12)6-14-10-4-7(11)2-3-9(10)13/h2-4,8H,5-6,12H2,1H3. The van der Waals surface area contributed by atoms with E-state index >= 15 is 0 Å². The zero-order valence-corrected chi connectivity index (χ0v) is 10.4. The van der Waals surface area contributed by atoms with Crippen molar-refractivity contribution >= 4 is 33.4 Å². The summed E-state index contributed by atoms with van der Waals surface area (Å²) in [4.78, 5) is 3.62. The maximum absolute atomic E-state index is 5.72. The molecule has 1 aromatic rings. The van der Waals surface area contributed by atoms with Gasteiger partial charge in [-0.05, 0) is 18.2 Å². The van der Waals surface area contributed by atoms with Crippen LogP contribution in [-0.2, 0) is 0 Å². The molecule has 0 fully saturated rings. The summed E-state index contributed by atoms with van der Waals surface area (Å²) >= 11 is 5.37. The molecule has 0 saturated heterocycles. The van der Waals surface area contributed by atoms with Gasteiger partial charge < -0.3 is 10.6 Å². The van der Waals surface area contributed by atoms with Gasteiger partial charge in [-0.25, -0.2) is 0 Å². The largest absolute Gasteiger partial charge is 0.369 e. The van der Waals surface area contributed by atoms with Crippen LogP contribution in [0.15, 0.2) is 27.6 Å². The van der Waals surface area contributed by atoms with E-state index in [0.29, 0.717) is 6.04 Å². The van der Waals surface area contributed by atoms with Gasteiger partial charge in [0, 0.05) is 28.7 Å². The Morgan fingerprint density at radius 2 is 2.43 bits per heavy atom. The lowest BCUT2D eigenvalue weighted by Crippen LogP contribution is -2.42. The van der Waals surface area contributed by atoms with E-state index in [2.05, 4.69) is 46.1 Å². The first kappa shape index (κ1) is 10.3. The Balaban J connectivity index is 2.36. The molecule has 76 valence electrons. The third kappa shape index (κ3) is 1.78. The maximum Gasteiger partial charge on any atom is 0.0505 e. The third-order valence-corrected chi connectivity index (χ3v) is 4.24. The van der Waals surface area contributed by atoms with Crippen LogP contribution in [0.5, 0.6) is 0 Å². The molecule has 0 saturated carbocycles. The van der Waals surface area contributed by atoms with Crippen molar-refractivity contribution in [3.8, 4) is 0 Å². The Bertz CT molecular complexity index is 343. The summed E-state index contributed by atoms with van der Waals surface area (Å²) in [6, 6.07) is 6.86. The molecule has 0 amide bonds. The Kier molecular flexibility index (Phi) is 3.04. The SMILES string of the molecule is CN1c2ccc(Br)cc2SCC1CN. The molecule has 2 N–H and O–H groups in total. The van der Waals surface area contributed by atoms with Crippen molar-refractivity contribution in [2.45, 2.75) is 10.9 Å². The van der Waals surface area contributed by atoms with Crippen molar-refractivity contribution in [1.82, 2.24) is 0 Å². The smallest absolute Gasteiger partial charge is 0.0505 e. The molecular formula is C10H13BrN2S. The number of benzene rings is 1. The number of thioether (sulfide) groups is 1. The van der Waals surface area contributed by atoms with Gasteiger partial charge >= 0.3 is 0 Å². The summed E-state index contributed by atoms with van der Waals surface area (Å²) in [5, 5.41) is 0. The minimum atomic E-state index is 0.466. The van der Waals surface area contributed by atoms with E-state index in [9.17, 15) is 0 Å². The highest BCUT2D eigenvalue weighted by Gasteiger charge is 2.22. The molecular weight excluding hydrogens is 260 g/mol. The van der Waals surface area contributed by atoms with Crippen molar-refractivity contribution in [2.24, 2.45) is 5.73 Å². The molecule has 2 rings (SSSR count). The zero-order valence-electron chi connectivity index (χ0n) is 8.03. The second-order valence-electron chi connectivity index (χ2n) is 3.42. The normalized spacial score (nSPS) is 20.8. The summed E-state index contributed by atoms with van der Waals surface area (Å²) in [6.45, 7) is 0.721. The van der Waals surface area contributed by atoms with Crippen LogP contribution in [0.2, 0.25) is 0 Å². The minimum absolute atomic E-state index is 0.466. The number of nitrogens with zero attached hydrogens (tertiary/aromatic N) is 1. The van der Waals surface area contributed by atoms with Crippen LogP contribution < -0.4 is 10.6 Å². The first-order valence-corrected chi connectivity index (χ1v) is 6.35. The molecule has 1 atom stereocenters. The van der Waals surface area contributed by atoms with Crippen LogP contribution in [-0.4, -0.2) is 25.4 Å². The highest BCUT2D eigenvalue weighted by molar-refractivity contribution is 9.10. The third-order valence-electron chi connectivity index (χ3n) is 2.55. The average Bonchev–Trinajstić information content (AvgIpc) is 2.18. The molecule has 4 heteroatoms. The van der Waals surface area contributed by atoms with E-state index in [1.807, 2.05) is 11.8 Å². The summed E-state index contributed by atoms with van der Waals surface area (Å²) in [5.74, 6) is 1.08. The molecule has 1 heterocycles. The van der Waals surface area contributed by atoms with Gasteiger partial charge in [0.1, 0.15) is 0 Å². The molecule has 0 bridgehead atoms. The number of rotatable bonds is 1. The van der Waals surface area contributed by atoms with Crippen LogP contribution in [0, 0.1) is 0 Å². The molecule has 2 nitrogen and oxygen atoms in total. The maximum atomic E-state index is 5.72. The summed E-state index contributed by atoms with van der Waals surface area (Å²) in [6.07, 6.45) is 0. The highest BCUT2D eigenvalue weighted by atomic mass is 79.9. The lowest BCUT2D eigenvalue weighted by atomic mass is 10.2. The van der Waals surface area contributed by atoms with Crippen molar-refractivity contribution in [1.29, 1.82) is 0 Å². The van der Waals surface area contributed by atoms with Crippen molar-refractivity contribution in [3.05, 3.63) is 22.7 Å². The van der Waals surface area contributed by atoms with Gasteiger partial charge in [0.2, 0.25) is 0 Å². The van der Waals surface area contributed by atoms with E-state index in [0.717, 1.165) is 16.8 Å². The first-order valence-electron chi connectivity index (χ1n) is 4.57. The Morgan fingerprint density at radius 3 is 3.14 bits per heavy atom. The molecule has 1 aliphatic rings. The number of hydrogen-bond acceptors (Lipinski definition) is 3. The second-order valence-corrected chi connectivity index (χ2v) is 5.40. The van der Waals surface area contributed by atoms with Crippen molar-refractivity contribution in [2.75, 3.05) is 24.2 Å². The Hall–Kier alpha value is -0.190. The predicted octanol–water partition coefficient (Wildman–Crippen LogP) is 2.32. The number of fused-ring (bicyclic) bond motifs is 1. The molecule has 1 unspecified atom stereocenters. The summed E-state index contributed by atoms with van der Waals surface area (Å²) in [7, 11) is 2.12. The van der Waals surface area contributed by atoms with Crippen LogP contribution in [0.3, 0.4) is 0 Å². The van der Waals surface area contributed by atoms with Gasteiger partial charge in [-0.2, -0.15) is 0 Å². The van der Waals surface area contributed by atoms with Gasteiger partial charge in [-0.1, -0.05) is 15.9 Å². The van der Waals surface area contributed by atoms with Crippen molar-refractivity contribution in [3.63, 3.8) is 0 Å². The van der Waals surface area contributed by atoms with Gasteiger partial charge in [0.25, 0.3) is 0 Å². The quantitative estimate of drug-likeness (QED) is 0.851. The predicted molar refractivity (Wildman–Crippen MR) is 66.1 cm³/mol. The summed E-state index contributed by atoms with van der Waals surface area (Å²) < 4.78 is 1.14. The fourth-order valence-electron chi connectivity index (χ4n) is 1.62. The fourth-order valence-corrected chi connectivity index (χ4v) is 3.43. The molecule has 1 aliphatic heterocycles. The molecule has 0 radical (unpaired) electrons. The molecule has 14 heavy (non-hydrogen) atoms. The average molecular weight is 273 g/mol. The van der Waals surface area contributed by atoms with Gasteiger partial charge in [-0.15, -0.1) is 11.8 Å².